The molecule has 0 saturated carbocycles. The summed E-state index contributed by atoms with van der Waals surface area (Å²) in [5.41, 5.74) is 0.912. The highest BCUT2D eigenvalue weighted by Gasteiger charge is 2.13. The van der Waals surface area contributed by atoms with Gasteiger partial charge in [-0.05, 0) is 24.3 Å². The number of hydrogen-bond donors (Lipinski definition) is 0. The fourth-order valence-electron chi connectivity index (χ4n) is 1.07. The zero-order chi connectivity index (χ0) is 9.26. The highest BCUT2D eigenvalue weighted by Crippen LogP contribution is 2.23. The average Bonchev–Trinajstić information content (AvgIpc) is 2.53. The van der Waals surface area contributed by atoms with E-state index in [2.05, 4.69) is 0 Å². The first kappa shape index (κ1) is 8.78. The first-order valence-corrected chi connectivity index (χ1v) is 5.49. The van der Waals surface area contributed by atoms with Gasteiger partial charge in [-0.25, -0.2) is 0 Å². The number of hydrogen-bond acceptors (Lipinski definition) is 2. The van der Waals surface area contributed by atoms with Gasteiger partial charge in [0.15, 0.2) is 5.94 Å². The van der Waals surface area contributed by atoms with Crippen molar-refractivity contribution >= 4 is 28.2 Å². The summed E-state index contributed by atoms with van der Waals surface area (Å²) in [5, 5.41) is 2.30. The van der Waals surface area contributed by atoms with Crippen molar-refractivity contribution in [2.75, 3.05) is 5.94 Å². The minimum absolute atomic E-state index is 0.262. The van der Waals surface area contributed by atoms with Crippen molar-refractivity contribution in [2.24, 2.45) is 0 Å². The van der Waals surface area contributed by atoms with E-state index in [0.717, 1.165) is 5.56 Å². The van der Waals surface area contributed by atoms with Gasteiger partial charge in [0, 0.05) is 16.0 Å². The van der Waals surface area contributed by atoms with Crippen molar-refractivity contribution in [1.29, 1.82) is 0 Å². The van der Waals surface area contributed by atoms with Crippen LogP contribution in [0.2, 0.25) is 5.02 Å². The lowest BCUT2D eigenvalue weighted by Crippen LogP contribution is -1.87. The first-order valence-electron chi connectivity index (χ1n) is 3.73. The molecule has 1 aliphatic rings. The molecule has 1 aromatic rings. The van der Waals surface area contributed by atoms with E-state index in [1.165, 1.54) is 0 Å². The molecule has 4 heteroatoms. The van der Waals surface area contributed by atoms with Crippen LogP contribution in [0.3, 0.4) is 0 Å². The molecule has 0 radical (unpaired) electrons. The molecule has 0 N–H and O–H groups in total. The van der Waals surface area contributed by atoms with Crippen LogP contribution in [0.1, 0.15) is 5.56 Å². The van der Waals surface area contributed by atoms with Crippen molar-refractivity contribution in [3.63, 3.8) is 0 Å². The lowest BCUT2D eigenvalue weighted by atomic mass is 10.2. The van der Waals surface area contributed by atoms with Gasteiger partial charge in [0.05, 0.1) is 10.8 Å². The highest BCUT2D eigenvalue weighted by atomic mass is 35.5. The van der Waals surface area contributed by atoms with Gasteiger partial charge in [-0.1, -0.05) is 11.6 Å². The Morgan fingerprint density at radius 2 is 2.00 bits per heavy atom. The van der Waals surface area contributed by atoms with E-state index in [4.69, 9.17) is 16.3 Å². The molecule has 0 aromatic heterocycles. The summed E-state index contributed by atoms with van der Waals surface area (Å²) in [6, 6.07) is 7.25. The molecule has 0 aliphatic carbocycles. The van der Waals surface area contributed by atoms with E-state index in [1.807, 2.05) is 12.1 Å². The minimum Gasteiger partial charge on any atom is -0.479 e. The SMILES string of the molecule is O=S1C=C(c2ccc(Cl)cc2)OC1. The molecule has 1 atom stereocenters. The summed E-state index contributed by atoms with van der Waals surface area (Å²) >= 11 is 5.73. The molecule has 0 amide bonds. The molecule has 2 rings (SSSR count). The molecule has 1 heterocycles. The van der Waals surface area contributed by atoms with E-state index in [-0.39, 0.29) is 5.94 Å². The van der Waals surface area contributed by atoms with Crippen LogP contribution in [0.4, 0.5) is 0 Å². The summed E-state index contributed by atoms with van der Waals surface area (Å²) in [5.74, 6) is 0.938. The molecule has 0 bridgehead atoms. The first-order chi connectivity index (χ1) is 6.25. The van der Waals surface area contributed by atoms with Crippen LogP contribution >= 0.6 is 11.6 Å². The topological polar surface area (TPSA) is 26.3 Å². The smallest absolute Gasteiger partial charge is 0.167 e. The summed E-state index contributed by atoms with van der Waals surface area (Å²) < 4.78 is 16.2. The molecule has 0 spiro atoms. The highest BCUT2D eigenvalue weighted by molar-refractivity contribution is 7.88. The van der Waals surface area contributed by atoms with Gasteiger partial charge in [0.25, 0.3) is 0 Å². The Labute approximate surface area is 83.6 Å². The third-order valence-corrected chi connectivity index (χ3v) is 2.78. The van der Waals surface area contributed by atoms with Gasteiger partial charge in [0.2, 0.25) is 0 Å². The number of rotatable bonds is 1. The molecular formula is C9H7ClO2S. The molecule has 68 valence electrons. The Morgan fingerprint density at radius 1 is 1.31 bits per heavy atom. The van der Waals surface area contributed by atoms with Crippen LogP contribution in [0.5, 0.6) is 0 Å². The van der Waals surface area contributed by atoms with Crippen molar-refractivity contribution in [3.05, 3.63) is 40.3 Å². The Bertz CT molecular complexity index is 370. The molecule has 0 saturated heterocycles. The van der Waals surface area contributed by atoms with E-state index >= 15 is 0 Å². The van der Waals surface area contributed by atoms with E-state index in [9.17, 15) is 4.21 Å². The van der Waals surface area contributed by atoms with Crippen molar-refractivity contribution in [2.45, 2.75) is 0 Å². The Morgan fingerprint density at radius 3 is 2.54 bits per heavy atom. The maximum Gasteiger partial charge on any atom is 0.167 e. The van der Waals surface area contributed by atoms with Gasteiger partial charge < -0.3 is 4.74 Å². The lowest BCUT2D eigenvalue weighted by molar-refractivity contribution is 0.352. The quantitative estimate of drug-likeness (QED) is 0.718. The van der Waals surface area contributed by atoms with Gasteiger partial charge in [0.1, 0.15) is 5.76 Å². The van der Waals surface area contributed by atoms with Crippen LogP contribution < -0.4 is 0 Å². The number of halogens is 1. The fourth-order valence-corrected chi connectivity index (χ4v) is 1.95. The average molecular weight is 215 g/mol. The second-order valence-electron chi connectivity index (χ2n) is 2.63. The van der Waals surface area contributed by atoms with Gasteiger partial charge in [-0.15, -0.1) is 0 Å². The van der Waals surface area contributed by atoms with E-state index in [1.54, 1.807) is 17.5 Å². The van der Waals surface area contributed by atoms with Gasteiger partial charge in [-0.3, -0.25) is 4.21 Å². The summed E-state index contributed by atoms with van der Waals surface area (Å²) in [6.07, 6.45) is 0. The summed E-state index contributed by atoms with van der Waals surface area (Å²) in [4.78, 5) is 0. The van der Waals surface area contributed by atoms with Crippen molar-refractivity contribution in [1.82, 2.24) is 0 Å². The molecule has 2 nitrogen and oxygen atoms in total. The Balaban J connectivity index is 2.31. The number of ether oxygens (including phenoxy) is 1. The largest absolute Gasteiger partial charge is 0.479 e. The monoisotopic (exact) mass is 214 g/mol. The van der Waals surface area contributed by atoms with Crippen LogP contribution in [-0.4, -0.2) is 10.1 Å². The van der Waals surface area contributed by atoms with Crippen LogP contribution in [0.15, 0.2) is 29.7 Å². The normalized spacial score (nSPS) is 21.0. The summed E-state index contributed by atoms with van der Waals surface area (Å²) in [6.45, 7) is 0. The zero-order valence-electron chi connectivity index (χ0n) is 6.70. The van der Waals surface area contributed by atoms with Crippen LogP contribution in [0, 0.1) is 0 Å². The molecule has 1 aromatic carbocycles. The minimum atomic E-state index is -0.976. The van der Waals surface area contributed by atoms with E-state index in [0.29, 0.717) is 10.8 Å². The standard InChI is InChI=1S/C9H7ClO2S/c10-8-3-1-7(2-4-8)9-5-13(11)6-12-9/h1-5H,6H2. The molecule has 1 aliphatic heterocycles. The van der Waals surface area contributed by atoms with Crippen LogP contribution in [0.25, 0.3) is 5.76 Å². The van der Waals surface area contributed by atoms with Crippen molar-refractivity contribution in [3.8, 4) is 0 Å². The Hall–Kier alpha value is -0.800. The van der Waals surface area contributed by atoms with Gasteiger partial charge >= 0.3 is 0 Å². The molecule has 1 unspecified atom stereocenters. The summed E-state index contributed by atoms with van der Waals surface area (Å²) in [7, 11) is -0.976. The zero-order valence-corrected chi connectivity index (χ0v) is 8.27. The van der Waals surface area contributed by atoms with E-state index < -0.39 is 10.8 Å². The second kappa shape index (κ2) is 3.52. The van der Waals surface area contributed by atoms with Crippen molar-refractivity contribution < 1.29 is 8.95 Å². The predicted molar refractivity (Wildman–Crippen MR) is 53.5 cm³/mol. The van der Waals surface area contributed by atoms with Gasteiger partial charge in [-0.2, -0.15) is 0 Å². The van der Waals surface area contributed by atoms with Crippen LogP contribution in [-0.2, 0) is 15.5 Å². The maximum absolute atomic E-state index is 11.0. The molecule has 0 fully saturated rings. The molecular weight excluding hydrogens is 208 g/mol. The Kier molecular flexibility index (Phi) is 2.38. The molecule has 13 heavy (non-hydrogen) atoms. The maximum atomic E-state index is 11.0. The third-order valence-electron chi connectivity index (χ3n) is 1.70. The second-order valence-corrected chi connectivity index (χ2v) is 4.30. The third kappa shape index (κ3) is 1.92. The lowest BCUT2D eigenvalue weighted by Gasteiger charge is -2.01. The number of benzene rings is 1. The fraction of sp³-hybridized carbons (Fsp3) is 0.111. The predicted octanol–water partition coefficient (Wildman–Crippen LogP) is 2.37.